The molecule has 0 unspecified atom stereocenters. The number of carboxylic acids is 1. The summed E-state index contributed by atoms with van der Waals surface area (Å²) in [6, 6.07) is 11.6. The van der Waals surface area contributed by atoms with Crippen LogP contribution in [0, 0.1) is 16.0 Å². The molecule has 134 valence electrons. The van der Waals surface area contributed by atoms with Crippen LogP contribution in [0.4, 0.5) is 11.4 Å². The zero-order valence-electron chi connectivity index (χ0n) is 13.9. The van der Waals surface area contributed by atoms with Crippen molar-refractivity contribution < 1.29 is 19.6 Å². The fourth-order valence-electron chi connectivity index (χ4n) is 3.94. The van der Waals surface area contributed by atoms with Crippen LogP contribution in [0.3, 0.4) is 0 Å². The molecule has 7 nitrogen and oxygen atoms in total. The van der Waals surface area contributed by atoms with Crippen molar-refractivity contribution in [1.29, 1.82) is 0 Å². The van der Waals surface area contributed by atoms with E-state index < -0.39 is 10.9 Å². The number of ether oxygens (including phenoxy) is 1. The maximum absolute atomic E-state index is 11.3. The number of non-ortho nitro benzene ring substituents is 1. The molecule has 0 spiro atoms. The van der Waals surface area contributed by atoms with Crippen LogP contribution >= 0.6 is 0 Å². The van der Waals surface area contributed by atoms with E-state index in [1.54, 1.807) is 30.3 Å². The zero-order valence-corrected chi connectivity index (χ0v) is 13.9. The van der Waals surface area contributed by atoms with E-state index in [1.807, 2.05) is 0 Å². The number of nitro benzene ring substituents is 1. The van der Waals surface area contributed by atoms with Crippen LogP contribution in [-0.2, 0) is 4.74 Å². The summed E-state index contributed by atoms with van der Waals surface area (Å²) >= 11 is 0. The van der Waals surface area contributed by atoms with Crippen molar-refractivity contribution in [2.45, 2.75) is 25.0 Å². The molecule has 4 rings (SSSR count). The smallest absolute Gasteiger partial charge is 0.335 e. The van der Waals surface area contributed by atoms with Crippen molar-refractivity contribution >= 4 is 17.3 Å². The summed E-state index contributed by atoms with van der Waals surface area (Å²) in [7, 11) is 0. The third kappa shape index (κ3) is 2.80. The minimum Gasteiger partial charge on any atom is -0.478 e. The number of benzene rings is 2. The Balaban J connectivity index is 1.73. The number of nitrogens with zero attached hydrogens (tertiary/aromatic N) is 1. The van der Waals surface area contributed by atoms with Crippen LogP contribution in [0.2, 0.25) is 0 Å². The number of carbonyl (C=O) groups is 1. The van der Waals surface area contributed by atoms with E-state index in [1.165, 1.54) is 12.1 Å². The SMILES string of the molecule is O=C(O)c1ccc2c(c1)[C@@H]1OCCC[C@H]1[C@H](c1ccc([N+](=O)[O-])cc1)N2. The highest BCUT2D eigenvalue weighted by molar-refractivity contribution is 5.88. The van der Waals surface area contributed by atoms with Gasteiger partial charge in [-0.15, -0.1) is 0 Å². The molecule has 2 aliphatic heterocycles. The van der Waals surface area contributed by atoms with Crippen LogP contribution in [-0.4, -0.2) is 22.6 Å². The third-order valence-electron chi connectivity index (χ3n) is 5.18. The second-order valence-electron chi connectivity index (χ2n) is 6.68. The van der Waals surface area contributed by atoms with Gasteiger partial charge in [0.1, 0.15) is 0 Å². The molecule has 2 aromatic carbocycles. The molecule has 2 aliphatic rings. The molecule has 0 aromatic heterocycles. The third-order valence-corrected chi connectivity index (χ3v) is 5.18. The Morgan fingerprint density at radius 2 is 2.00 bits per heavy atom. The average Bonchev–Trinajstić information content (AvgIpc) is 2.67. The van der Waals surface area contributed by atoms with E-state index in [0.29, 0.717) is 6.61 Å². The number of aromatic carboxylic acids is 1. The summed E-state index contributed by atoms with van der Waals surface area (Å²) in [4.78, 5) is 21.8. The Morgan fingerprint density at radius 1 is 1.23 bits per heavy atom. The van der Waals surface area contributed by atoms with Gasteiger partial charge in [-0.25, -0.2) is 4.79 Å². The Morgan fingerprint density at radius 3 is 2.69 bits per heavy atom. The predicted octanol–water partition coefficient (Wildman–Crippen LogP) is 3.93. The first-order valence-electron chi connectivity index (χ1n) is 8.54. The van der Waals surface area contributed by atoms with Crippen LogP contribution in [0.5, 0.6) is 0 Å². The summed E-state index contributed by atoms with van der Waals surface area (Å²) in [5.74, 6) is -0.820. The van der Waals surface area contributed by atoms with Gasteiger partial charge in [0.15, 0.2) is 0 Å². The molecule has 2 aromatic rings. The molecule has 3 atom stereocenters. The van der Waals surface area contributed by atoms with Crippen molar-refractivity contribution in [3.8, 4) is 0 Å². The topological polar surface area (TPSA) is 102 Å². The van der Waals surface area contributed by atoms with Gasteiger partial charge in [0.2, 0.25) is 0 Å². The first kappa shape index (κ1) is 16.5. The van der Waals surface area contributed by atoms with E-state index >= 15 is 0 Å². The monoisotopic (exact) mass is 354 g/mol. The molecule has 26 heavy (non-hydrogen) atoms. The van der Waals surface area contributed by atoms with Crippen molar-refractivity contribution in [2.24, 2.45) is 5.92 Å². The number of hydrogen-bond donors (Lipinski definition) is 2. The van der Waals surface area contributed by atoms with Crippen molar-refractivity contribution in [1.82, 2.24) is 0 Å². The van der Waals surface area contributed by atoms with Gasteiger partial charge in [-0.1, -0.05) is 12.1 Å². The first-order chi connectivity index (χ1) is 12.5. The van der Waals surface area contributed by atoms with Crippen molar-refractivity contribution in [2.75, 3.05) is 11.9 Å². The van der Waals surface area contributed by atoms with Gasteiger partial charge < -0.3 is 15.2 Å². The molecule has 0 amide bonds. The summed E-state index contributed by atoms with van der Waals surface area (Å²) < 4.78 is 6.02. The van der Waals surface area contributed by atoms with Crippen LogP contribution in [0.25, 0.3) is 0 Å². The number of nitro groups is 1. The average molecular weight is 354 g/mol. The molecule has 0 saturated carbocycles. The molecule has 1 saturated heterocycles. The minimum absolute atomic E-state index is 0.0377. The molecule has 2 N–H and O–H groups in total. The Hall–Kier alpha value is -2.93. The normalized spacial score (nSPS) is 24.1. The molecule has 0 radical (unpaired) electrons. The number of carboxylic acid groups (broad SMARTS) is 1. The van der Waals surface area contributed by atoms with Crippen LogP contribution in [0.15, 0.2) is 42.5 Å². The number of fused-ring (bicyclic) bond motifs is 3. The van der Waals surface area contributed by atoms with Crippen LogP contribution < -0.4 is 5.32 Å². The molecule has 7 heteroatoms. The van der Waals surface area contributed by atoms with Gasteiger partial charge in [-0.3, -0.25) is 10.1 Å². The van der Waals surface area contributed by atoms with E-state index in [4.69, 9.17) is 4.74 Å². The van der Waals surface area contributed by atoms with Gasteiger partial charge in [0.25, 0.3) is 5.69 Å². The van der Waals surface area contributed by atoms with Crippen LogP contribution in [0.1, 0.15) is 46.5 Å². The molecular formula is C19H18N2O5. The highest BCUT2D eigenvalue weighted by atomic mass is 16.6. The first-order valence-corrected chi connectivity index (χ1v) is 8.54. The van der Waals surface area contributed by atoms with Crippen molar-refractivity contribution in [3.63, 3.8) is 0 Å². The van der Waals surface area contributed by atoms with E-state index in [-0.39, 0.29) is 29.3 Å². The summed E-state index contributed by atoms with van der Waals surface area (Å²) in [6.45, 7) is 0.644. The standard InChI is InChI=1S/C19H18N2O5/c22-19(23)12-5-8-16-15(10-12)18-14(2-1-9-26-18)17(20-16)11-3-6-13(7-4-11)21(24)25/h3-8,10,14,17-18,20H,1-2,9H2,(H,22,23)/t14-,17-,18+/m0/s1. The lowest BCUT2D eigenvalue weighted by Crippen LogP contribution is -2.36. The second-order valence-corrected chi connectivity index (χ2v) is 6.68. The number of hydrogen-bond acceptors (Lipinski definition) is 5. The van der Waals surface area contributed by atoms with E-state index in [0.717, 1.165) is 29.7 Å². The lowest BCUT2D eigenvalue weighted by Gasteiger charge is -2.43. The highest BCUT2D eigenvalue weighted by Gasteiger charge is 2.40. The van der Waals surface area contributed by atoms with Gasteiger partial charge in [-0.2, -0.15) is 0 Å². The largest absolute Gasteiger partial charge is 0.478 e. The van der Waals surface area contributed by atoms with Gasteiger partial charge in [0.05, 0.1) is 22.6 Å². The Kier molecular flexibility index (Phi) is 4.08. The minimum atomic E-state index is -0.961. The molecule has 0 bridgehead atoms. The fourth-order valence-corrected chi connectivity index (χ4v) is 3.94. The quantitative estimate of drug-likeness (QED) is 0.640. The maximum Gasteiger partial charge on any atom is 0.335 e. The van der Waals surface area contributed by atoms with Gasteiger partial charge >= 0.3 is 5.97 Å². The molecule has 0 aliphatic carbocycles. The maximum atomic E-state index is 11.3. The molecule has 2 heterocycles. The van der Waals surface area contributed by atoms with Crippen molar-refractivity contribution in [3.05, 3.63) is 69.3 Å². The molecule has 1 fully saturated rings. The van der Waals surface area contributed by atoms with E-state index in [9.17, 15) is 20.0 Å². The van der Waals surface area contributed by atoms with Gasteiger partial charge in [-0.05, 0) is 36.6 Å². The number of anilines is 1. The van der Waals surface area contributed by atoms with Gasteiger partial charge in [0, 0.05) is 35.9 Å². The second kappa shape index (κ2) is 6.42. The summed E-state index contributed by atoms with van der Waals surface area (Å²) in [5.41, 5.74) is 2.98. The zero-order chi connectivity index (χ0) is 18.3. The number of nitrogens with one attached hydrogen (secondary N) is 1. The summed E-state index contributed by atoms with van der Waals surface area (Å²) in [6.07, 6.45) is 1.69. The number of rotatable bonds is 3. The lowest BCUT2D eigenvalue weighted by molar-refractivity contribution is -0.384. The Labute approximate surface area is 149 Å². The summed E-state index contributed by atoms with van der Waals surface area (Å²) in [5, 5.41) is 23.6. The lowest BCUT2D eigenvalue weighted by atomic mass is 9.77. The Bertz CT molecular complexity index is 865. The highest BCUT2D eigenvalue weighted by Crippen LogP contribution is 2.49. The fraction of sp³-hybridized carbons (Fsp3) is 0.316. The predicted molar refractivity (Wildman–Crippen MR) is 94.3 cm³/mol. The molecular weight excluding hydrogens is 336 g/mol. The van der Waals surface area contributed by atoms with E-state index in [2.05, 4.69) is 5.32 Å².